The number of hydrogen-bond donors (Lipinski definition) is 2. The van der Waals surface area contributed by atoms with Crippen molar-refractivity contribution in [1.82, 2.24) is 4.98 Å². The van der Waals surface area contributed by atoms with Crippen molar-refractivity contribution >= 4 is 10.9 Å². The topological polar surface area (TPSA) is 45.2 Å². The maximum absolute atomic E-state index is 9.75. The number of aliphatic hydroxyl groups is 1. The molecule has 0 spiro atoms. The number of nitrogens with one attached hydrogen (secondary N) is 1. The standard InChI is InChI=1S/C27H33NO2/c1-6-27(15-16-29,30-7-2)26-20(5)24-18-23(19(3)4)17-22(25(24)28-26)14-13-21-11-9-8-10-12-21/h8-12,17-19,28-29H,6-7,15-16H2,1-5H3. The zero-order valence-electron chi connectivity index (χ0n) is 18.8. The van der Waals surface area contributed by atoms with Gasteiger partial charge in [-0.15, -0.1) is 0 Å². The van der Waals surface area contributed by atoms with Crippen molar-refractivity contribution in [2.45, 2.75) is 59.0 Å². The molecule has 0 aliphatic rings. The highest BCUT2D eigenvalue weighted by Gasteiger charge is 2.34. The highest BCUT2D eigenvalue weighted by atomic mass is 16.5. The summed E-state index contributed by atoms with van der Waals surface area (Å²) in [6.07, 6.45) is 1.35. The van der Waals surface area contributed by atoms with Crippen molar-refractivity contribution < 1.29 is 9.84 Å². The molecule has 2 aromatic carbocycles. The third kappa shape index (κ3) is 4.31. The number of ether oxygens (including phenoxy) is 1. The van der Waals surface area contributed by atoms with Gasteiger partial charge in [0.25, 0.3) is 0 Å². The fourth-order valence-electron chi connectivity index (χ4n) is 4.18. The quantitative estimate of drug-likeness (QED) is 0.474. The van der Waals surface area contributed by atoms with Crippen molar-refractivity contribution in [2.24, 2.45) is 0 Å². The molecule has 3 heteroatoms. The summed E-state index contributed by atoms with van der Waals surface area (Å²) in [5, 5.41) is 10.9. The summed E-state index contributed by atoms with van der Waals surface area (Å²) in [5.74, 6) is 7.12. The van der Waals surface area contributed by atoms with Crippen molar-refractivity contribution in [1.29, 1.82) is 0 Å². The van der Waals surface area contributed by atoms with Gasteiger partial charge in [-0.1, -0.05) is 50.8 Å². The number of fused-ring (bicyclic) bond motifs is 1. The van der Waals surface area contributed by atoms with Crippen LogP contribution in [0.3, 0.4) is 0 Å². The molecule has 0 aliphatic carbocycles. The number of hydrogen-bond acceptors (Lipinski definition) is 2. The van der Waals surface area contributed by atoms with Crippen LogP contribution in [0, 0.1) is 18.8 Å². The lowest BCUT2D eigenvalue weighted by Gasteiger charge is -2.32. The molecule has 1 atom stereocenters. The van der Waals surface area contributed by atoms with Crippen LogP contribution >= 0.6 is 0 Å². The van der Waals surface area contributed by atoms with E-state index in [0.29, 0.717) is 18.9 Å². The van der Waals surface area contributed by atoms with Crippen LogP contribution in [0.4, 0.5) is 0 Å². The molecule has 0 amide bonds. The summed E-state index contributed by atoms with van der Waals surface area (Å²) in [7, 11) is 0. The van der Waals surface area contributed by atoms with Crippen LogP contribution in [-0.4, -0.2) is 23.3 Å². The largest absolute Gasteiger partial charge is 0.396 e. The summed E-state index contributed by atoms with van der Waals surface area (Å²) >= 11 is 0. The van der Waals surface area contributed by atoms with Crippen LogP contribution in [0.1, 0.15) is 74.4 Å². The summed E-state index contributed by atoms with van der Waals surface area (Å²) in [5.41, 5.74) is 6.04. The number of aromatic amines is 1. The molecule has 0 fully saturated rings. The van der Waals surface area contributed by atoms with Gasteiger partial charge in [-0.25, -0.2) is 0 Å². The van der Waals surface area contributed by atoms with Crippen molar-refractivity contribution in [2.75, 3.05) is 13.2 Å². The van der Waals surface area contributed by atoms with Crippen LogP contribution in [-0.2, 0) is 10.3 Å². The van der Waals surface area contributed by atoms with Crippen LogP contribution in [0.5, 0.6) is 0 Å². The van der Waals surface area contributed by atoms with E-state index in [1.165, 1.54) is 16.5 Å². The van der Waals surface area contributed by atoms with Gasteiger partial charge in [0, 0.05) is 36.1 Å². The highest BCUT2D eigenvalue weighted by Crippen LogP contribution is 2.39. The highest BCUT2D eigenvalue weighted by molar-refractivity contribution is 5.90. The molecule has 0 saturated carbocycles. The minimum atomic E-state index is -0.519. The lowest BCUT2D eigenvalue weighted by atomic mass is 9.89. The predicted octanol–water partition coefficient (Wildman–Crippen LogP) is 6.02. The van der Waals surface area contributed by atoms with Gasteiger partial charge in [-0.2, -0.15) is 0 Å². The SMILES string of the molecule is CCOC(CC)(CCO)c1[nH]c2c(C#Cc3ccccc3)cc(C(C)C)cc2c1C. The fraction of sp³-hybridized carbons (Fsp3) is 0.407. The molecule has 158 valence electrons. The third-order valence-electron chi connectivity index (χ3n) is 5.93. The smallest absolute Gasteiger partial charge is 0.110 e. The first-order valence-corrected chi connectivity index (χ1v) is 10.9. The van der Waals surface area contributed by atoms with Crippen molar-refractivity contribution in [3.8, 4) is 11.8 Å². The predicted molar refractivity (Wildman–Crippen MR) is 125 cm³/mol. The lowest BCUT2D eigenvalue weighted by molar-refractivity contribution is -0.0655. The van der Waals surface area contributed by atoms with Gasteiger partial charge in [0.2, 0.25) is 0 Å². The Morgan fingerprint density at radius 1 is 1.10 bits per heavy atom. The van der Waals surface area contributed by atoms with E-state index in [0.717, 1.165) is 28.8 Å². The molecular weight excluding hydrogens is 370 g/mol. The second-order valence-electron chi connectivity index (χ2n) is 8.14. The Morgan fingerprint density at radius 2 is 1.83 bits per heavy atom. The molecule has 0 aliphatic heterocycles. The Labute approximate surface area is 180 Å². The van der Waals surface area contributed by atoms with Crippen LogP contribution in [0.15, 0.2) is 42.5 Å². The Morgan fingerprint density at radius 3 is 2.43 bits per heavy atom. The Balaban J connectivity index is 2.24. The summed E-state index contributed by atoms with van der Waals surface area (Å²) in [6, 6.07) is 14.5. The van der Waals surface area contributed by atoms with E-state index in [1.54, 1.807) is 0 Å². The second kappa shape index (κ2) is 9.51. The van der Waals surface area contributed by atoms with Crippen molar-refractivity contribution in [3.63, 3.8) is 0 Å². The van der Waals surface area contributed by atoms with Gasteiger partial charge in [-0.05, 0) is 61.6 Å². The minimum absolute atomic E-state index is 0.0839. The molecule has 3 nitrogen and oxygen atoms in total. The second-order valence-corrected chi connectivity index (χ2v) is 8.14. The Bertz CT molecular complexity index is 1050. The maximum atomic E-state index is 9.75. The molecule has 1 heterocycles. The van der Waals surface area contributed by atoms with Crippen LogP contribution in [0.2, 0.25) is 0 Å². The molecule has 2 N–H and O–H groups in total. The van der Waals surface area contributed by atoms with Gasteiger partial charge in [0.05, 0.1) is 11.2 Å². The molecule has 3 rings (SSSR count). The van der Waals surface area contributed by atoms with E-state index >= 15 is 0 Å². The lowest BCUT2D eigenvalue weighted by Crippen LogP contribution is -2.31. The molecule has 1 unspecified atom stereocenters. The Hall–Kier alpha value is -2.54. The molecular formula is C27H33NO2. The van der Waals surface area contributed by atoms with Gasteiger partial charge in [0.15, 0.2) is 0 Å². The molecule has 30 heavy (non-hydrogen) atoms. The first-order chi connectivity index (χ1) is 14.5. The number of benzene rings is 2. The van der Waals surface area contributed by atoms with Gasteiger partial charge in [0.1, 0.15) is 5.60 Å². The van der Waals surface area contributed by atoms with E-state index in [4.69, 9.17) is 4.74 Å². The van der Waals surface area contributed by atoms with Crippen LogP contribution < -0.4 is 0 Å². The summed E-state index contributed by atoms with van der Waals surface area (Å²) < 4.78 is 6.24. The van der Waals surface area contributed by atoms with E-state index in [2.05, 4.69) is 56.7 Å². The van der Waals surface area contributed by atoms with Crippen molar-refractivity contribution in [3.05, 3.63) is 70.4 Å². The molecule has 0 radical (unpaired) electrons. The number of H-pyrrole nitrogens is 1. The van der Waals surface area contributed by atoms with Gasteiger partial charge < -0.3 is 14.8 Å². The number of aliphatic hydroxyl groups excluding tert-OH is 1. The van der Waals surface area contributed by atoms with E-state index in [-0.39, 0.29) is 6.61 Å². The minimum Gasteiger partial charge on any atom is -0.396 e. The molecule has 3 aromatic rings. The summed E-state index contributed by atoms with van der Waals surface area (Å²) in [6.45, 7) is 11.4. The zero-order chi connectivity index (χ0) is 21.7. The first-order valence-electron chi connectivity index (χ1n) is 10.9. The average molecular weight is 404 g/mol. The third-order valence-corrected chi connectivity index (χ3v) is 5.93. The Kier molecular flexibility index (Phi) is 7.02. The monoisotopic (exact) mass is 403 g/mol. The average Bonchev–Trinajstić information content (AvgIpc) is 3.09. The molecule has 0 bridgehead atoms. The molecule has 0 saturated heterocycles. The number of aryl methyl sites for hydroxylation is 1. The van der Waals surface area contributed by atoms with Crippen LogP contribution in [0.25, 0.3) is 10.9 Å². The zero-order valence-corrected chi connectivity index (χ0v) is 18.8. The number of rotatable bonds is 7. The summed E-state index contributed by atoms with van der Waals surface area (Å²) in [4.78, 5) is 3.66. The maximum Gasteiger partial charge on any atom is 0.110 e. The van der Waals surface area contributed by atoms with E-state index in [1.807, 2.05) is 37.3 Å². The van der Waals surface area contributed by atoms with Gasteiger partial charge >= 0.3 is 0 Å². The number of aromatic nitrogens is 1. The van der Waals surface area contributed by atoms with E-state index < -0.39 is 5.60 Å². The normalized spacial score (nSPS) is 13.3. The first kappa shape index (κ1) is 22.2. The van der Waals surface area contributed by atoms with Gasteiger partial charge in [-0.3, -0.25) is 0 Å². The van der Waals surface area contributed by atoms with E-state index in [9.17, 15) is 5.11 Å². The fourth-order valence-corrected chi connectivity index (χ4v) is 4.18. The molecule has 1 aromatic heterocycles.